The number of hydrogen-bond acceptors (Lipinski definition) is 3. The summed E-state index contributed by atoms with van der Waals surface area (Å²) in [5.74, 6) is 2.00. The van der Waals surface area contributed by atoms with Crippen LogP contribution in [0, 0.1) is 5.92 Å². The lowest BCUT2D eigenvalue weighted by molar-refractivity contribution is 0.501. The zero-order valence-electron chi connectivity index (χ0n) is 11.8. The topological polar surface area (TPSA) is 38.1 Å². The predicted octanol–water partition coefficient (Wildman–Crippen LogP) is 4.55. The molecule has 0 atom stereocenters. The summed E-state index contributed by atoms with van der Waals surface area (Å²) in [6, 6.07) is 6.21. The van der Waals surface area contributed by atoms with E-state index in [0.29, 0.717) is 5.92 Å². The van der Waals surface area contributed by atoms with Crippen LogP contribution >= 0.6 is 0 Å². The van der Waals surface area contributed by atoms with Gasteiger partial charge in [0, 0.05) is 18.2 Å². The number of rotatable bonds is 4. The molecule has 1 fully saturated rings. The molecule has 0 aliphatic heterocycles. The highest BCUT2D eigenvalue weighted by molar-refractivity contribution is 5.77. The first-order valence-corrected chi connectivity index (χ1v) is 7.37. The summed E-state index contributed by atoms with van der Waals surface area (Å²) in [4.78, 5) is 4.55. The number of hydrogen-bond donors (Lipinski definition) is 1. The first-order chi connectivity index (χ1) is 9.22. The second-order valence-corrected chi connectivity index (χ2v) is 5.92. The van der Waals surface area contributed by atoms with Crippen LogP contribution in [-0.2, 0) is 0 Å². The van der Waals surface area contributed by atoms with Crippen LogP contribution in [0.2, 0.25) is 0 Å². The number of nitrogens with one attached hydrogen (secondary N) is 1. The van der Waals surface area contributed by atoms with Crippen LogP contribution in [-0.4, -0.2) is 11.5 Å². The molecule has 0 radical (unpaired) electrons. The number of aromatic nitrogens is 1. The van der Waals surface area contributed by atoms with E-state index < -0.39 is 0 Å². The molecule has 1 heterocycles. The average molecular weight is 258 g/mol. The molecule has 1 N–H and O–H groups in total. The molecule has 1 aromatic heterocycles. The summed E-state index contributed by atoms with van der Waals surface area (Å²) in [5.41, 5.74) is 3.00. The molecule has 0 bridgehead atoms. The quantitative estimate of drug-likeness (QED) is 0.874. The van der Waals surface area contributed by atoms with Gasteiger partial charge in [0.2, 0.25) is 0 Å². The van der Waals surface area contributed by atoms with Gasteiger partial charge in [-0.05, 0) is 37.0 Å². The minimum absolute atomic E-state index is 0.335. The molecule has 0 spiro atoms. The molecule has 1 aliphatic rings. The van der Waals surface area contributed by atoms with E-state index in [9.17, 15) is 0 Å². The van der Waals surface area contributed by atoms with Crippen molar-refractivity contribution in [1.29, 1.82) is 0 Å². The fraction of sp³-hybridized carbons (Fsp3) is 0.562. The Morgan fingerprint density at radius 3 is 2.84 bits per heavy atom. The van der Waals surface area contributed by atoms with E-state index in [2.05, 4.69) is 36.3 Å². The fourth-order valence-electron chi connectivity index (χ4n) is 2.78. The zero-order valence-corrected chi connectivity index (χ0v) is 11.8. The number of nitrogens with zero attached hydrogens (tertiary/aromatic N) is 1. The Balaban J connectivity index is 1.73. The molecule has 1 aromatic carbocycles. The largest absolute Gasteiger partial charge is 0.440 e. The van der Waals surface area contributed by atoms with E-state index in [1.54, 1.807) is 0 Å². The Kier molecular flexibility index (Phi) is 3.45. The van der Waals surface area contributed by atoms with E-state index >= 15 is 0 Å². The van der Waals surface area contributed by atoms with Crippen LogP contribution in [0.1, 0.15) is 51.3 Å². The molecule has 3 rings (SSSR count). The summed E-state index contributed by atoms with van der Waals surface area (Å²) in [6.07, 6.45) is 5.53. The Morgan fingerprint density at radius 1 is 1.32 bits per heavy atom. The van der Waals surface area contributed by atoms with Crippen molar-refractivity contribution >= 4 is 16.8 Å². The first-order valence-electron chi connectivity index (χ1n) is 7.37. The summed E-state index contributed by atoms with van der Waals surface area (Å²) in [6.45, 7) is 5.29. The number of fused-ring (bicyclic) bond motifs is 1. The van der Waals surface area contributed by atoms with Crippen molar-refractivity contribution in [2.75, 3.05) is 11.9 Å². The third-order valence-electron chi connectivity index (χ3n) is 3.97. The Labute approximate surface area is 114 Å². The van der Waals surface area contributed by atoms with Crippen molar-refractivity contribution < 1.29 is 4.42 Å². The van der Waals surface area contributed by atoms with Gasteiger partial charge < -0.3 is 9.73 Å². The number of anilines is 1. The van der Waals surface area contributed by atoms with Crippen LogP contribution in [0.25, 0.3) is 11.1 Å². The van der Waals surface area contributed by atoms with E-state index in [4.69, 9.17) is 4.42 Å². The van der Waals surface area contributed by atoms with Crippen LogP contribution < -0.4 is 5.32 Å². The van der Waals surface area contributed by atoms with Gasteiger partial charge in [0.25, 0.3) is 0 Å². The highest BCUT2D eigenvalue weighted by Crippen LogP contribution is 2.26. The normalized spacial score (nSPS) is 16.6. The van der Waals surface area contributed by atoms with E-state index in [-0.39, 0.29) is 0 Å². The molecular formula is C16H22N2O. The van der Waals surface area contributed by atoms with Gasteiger partial charge in [-0.3, -0.25) is 0 Å². The molecule has 19 heavy (non-hydrogen) atoms. The summed E-state index contributed by atoms with van der Waals surface area (Å²) >= 11 is 0. The summed E-state index contributed by atoms with van der Waals surface area (Å²) in [7, 11) is 0. The number of oxazole rings is 1. The molecule has 1 saturated carbocycles. The van der Waals surface area contributed by atoms with Gasteiger partial charge >= 0.3 is 0 Å². The van der Waals surface area contributed by atoms with Crippen LogP contribution in [0.5, 0.6) is 0 Å². The van der Waals surface area contributed by atoms with Gasteiger partial charge in [-0.25, -0.2) is 4.98 Å². The molecule has 102 valence electrons. The van der Waals surface area contributed by atoms with E-state index in [1.807, 2.05) is 6.07 Å². The van der Waals surface area contributed by atoms with Crippen LogP contribution in [0.3, 0.4) is 0 Å². The minimum atomic E-state index is 0.335. The second-order valence-electron chi connectivity index (χ2n) is 5.92. The van der Waals surface area contributed by atoms with Gasteiger partial charge in [-0.15, -0.1) is 0 Å². The van der Waals surface area contributed by atoms with Gasteiger partial charge in [0.05, 0.1) is 0 Å². The predicted molar refractivity (Wildman–Crippen MR) is 78.5 cm³/mol. The molecular weight excluding hydrogens is 236 g/mol. The van der Waals surface area contributed by atoms with Gasteiger partial charge in [0.15, 0.2) is 11.5 Å². The molecule has 1 aliphatic carbocycles. The van der Waals surface area contributed by atoms with Crippen molar-refractivity contribution in [2.24, 2.45) is 5.92 Å². The SMILES string of the molecule is CC(C)c1nc2cc(NCC3CCCC3)ccc2o1. The lowest BCUT2D eigenvalue weighted by Crippen LogP contribution is -2.10. The Morgan fingerprint density at radius 2 is 2.11 bits per heavy atom. The molecule has 0 saturated heterocycles. The van der Waals surface area contributed by atoms with Crippen LogP contribution in [0.4, 0.5) is 5.69 Å². The molecule has 0 unspecified atom stereocenters. The van der Waals surface area contributed by atoms with Crippen molar-refractivity contribution in [1.82, 2.24) is 4.98 Å². The zero-order chi connectivity index (χ0) is 13.2. The first kappa shape index (κ1) is 12.5. The molecule has 3 heteroatoms. The number of benzene rings is 1. The lowest BCUT2D eigenvalue weighted by atomic mass is 10.1. The highest BCUT2D eigenvalue weighted by Gasteiger charge is 2.15. The van der Waals surface area contributed by atoms with Crippen molar-refractivity contribution in [3.8, 4) is 0 Å². The smallest absolute Gasteiger partial charge is 0.198 e. The molecule has 2 aromatic rings. The maximum absolute atomic E-state index is 5.72. The average Bonchev–Trinajstić information content (AvgIpc) is 3.04. The van der Waals surface area contributed by atoms with Gasteiger partial charge in [0.1, 0.15) is 5.52 Å². The molecule has 3 nitrogen and oxygen atoms in total. The minimum Gasteiger partial charge on any atom is -0.440 e. The third-order valence-corrected chi connectivity index (χ3v) is 3.97. The van der Waals surface area contributed by atoms with Crippen molar-refractivity contribution in [2.45, 2.75) is 45.4 Å². The van der Waals surface area contributed by atoms with Gasteiger partial charge in [-0.2, -0.15) is 0 Å². The van der Waals surface area contributed by atoms with Gasteiger partial charge in [-0.1, -0.05) is 26.7 Å². The molecule has 0 amide bonds. The van der Waals surface area contributed by atoms with Crippen LogP contribution in [0.15, 0.2) is 22.6 Å². The Hall–Kier alpha value is -1.51. The van der Waals surface area contributed by atoms with E-state index in [0.717, 1.165) is 35.1 Å². The van der Waals surface area contributed by atoms with Crippen molar-refractivity contribution in [3.63, 3.8) is 0 Å². The highest BCUT2D eigenvalue weighted by atomic mass is 16.3. The lowest BCUT2D eigenvalue weighted by Gasteiger charge is -2.11. The van der Waals surface area contributed by atoms with E-state index in [1.165, 1.54) is 25.7 Å². The Bertz CT molecular complexity index is 553. The van der Waals surface area contributed by atoms with Crippen molar-refractivity contribution in [3.05, 3.63) is 24.1 Å². The maximum atomic E-state index is 5.72. The summed E-state index contributed by atoms with van der Waals surface area (Å²) in [5, 5.41) is 3.54. The maximum Gasteiger partial charge on any atom is 0.198 e. The summed E-state index contributed by atoms with van der Waals surface area (Å²) < 4.78 is 5.72. The standard InChI is InChI=1S/C16H22N2O/c1-11(2)16-18-14-9-13(7-8-15(14)19-16)17-10-12-5-3-4-6-12/h7-9,11-12,17H,3-6,10H2,1-2H3. The second kappa shape index (κ2) is 5.24. The third kappa shape index (κ3) is 2.75. The fourth-order valence-corrected chi connectivity index (χ4v) is 2.78. The monoisotopic (exact) mass is 258 g/mol.